The van der Waals surface area contributed by atoms with Gasteiger partial charge < -0.3 is 4.74 Å². The minimum atomic E-state index is -1.83. The number of aryl methyl sites for hydroxylation is 1. The highest BCUT2D eigenvalue weighted by atomic mass is 31.1. The van der Waals surface area contributed by atoms with Gasteiger partial charge in [-0.1, -0.05) is 34.9 Å². The van der Waals surface area contributed by atoms with E-state index in [0.29, 0.717) is 44.4 Å². The average molecular weight is 470 g/mol. The first-order valence-corrected chi connectivity index (χ1v) is 13.0. The summed E-state index contributed by atoms with van der Waals surface area (Å²) in [5.74, 6) is 0.719. The molecule has 1 aromatic heterocycles. The van der Waals surface area contributed by atoms with Crippen molar-refractivity contribution in [2.75, 3.05) is 32.3 Å². The fourth-order valence-corrected chi connectivity index (χ4v) is 4.01. The predicted octanol–water partition coefficient (Wildman–Crippen LogP) is 4.92. The zero-order valence-corrected chi connectivity index (χ0v) is 20.4. The first kappa shape index (κ1) is 27.2. The highest BCUT2D eigenvalue weighted by Gasteiger charge is 2.16. The molecule has 170 valence electrons. The lowest BCUT2D eigenvalue weighted by atomic mass is 10.1. The Bertz CT molecular complexity index is 866. The molecule has 2 aromatic rings. The second-order valence-corrected chi connectivity index (χ2v) is 8.94. The van der Waals surface area contributed by atoms with Crippen LogP contribution < -0.4 is 5.56 Å². The molecule has 1 atom stereocenters. The molecule has 0 radical (unpaired) electrons. The van der Waals surface area contributed by atoms with Crippen LogP contribution in [0.25, 0.3) is 11.3 Å². The van der Waals surface area contributed by atoms with E-state index in [2.05, 4.69) is 14.0 Å². The maximum Gasteiger partial charge on any atom is 0.697 e. The van der Waals surface area contributed by atoms with Gasteiger partial charge in [0.25, 0.3) is 5.56 Å². The van der Waals surface area contributed by atoms with E-state index in [-0.39, 0.29) is 5.56 Å². The molecule has 1 unspecified atom stereocenters. The summed E-state index contributed by atoms with van der Waals surface area (Å²) in [7, 11) is -1.45. The first-order valence-electron chi connectivity index (χ1n) is 10.3. The summed E-state index contributed by atoms with van der Waals surface area (Å²) in [4.78, 5) is 16.7. The Hall–Kier alpha value is -1.82. The third kappa shape index (κ3) is 10.9. The third-order valence-electron chi connectivity index (χ3n) is 4.01. The van der Waals surface area contributed by atoms with Crippen LogP contribution in [-0.2, 0) is 36.4 Å². The lowest BCUT2D eigenvalue weighted by Crippen LogP contribution is -2.22. The molecule has 0 fully saturated rings. The number of benzene rings is 1. The van der Waals surface area contributed by atoms with Crippen molar-refractivity contribution in [2.45, 2.75) is 33.6 Å². The predicted molar refractivity (Wildman–Crippen MR) is 123 cm³/mol. The van der Waals surface area contributed by atoms with Gasteiger partial charge in [-0.25, -0.2) is 4.98 Å². The number of hydrogen-bond donors (Lipinski definition) is 0. The summed E-state index contributed by atoms with van der Waals surface area (Å²) in [6.07, 6.45) is 2.24. The molecule has 0 bridgehead atoms. The van der Waals surface area contributed by atoms with E-state index in [1.54, 1.807) is 31.5 Å². The smallest absolute Gasteiger partial charge is 0.338 e. The maximum absolute atomic E-state index is 12.1. The van der Waals surface area contributed by atoms with Crippen LogP contribution in [0.3, 0.4) is 0 Å². The van der Waals surface area contributed by atoms with Gasteiger partial charge in [-0.15, -0.1) is 9.05 Å². The molecule has 10 heteroatoms. The Balaban J connectivity index is 0.000000512. The van der Waals surface area contributed by atoms with Gasteiger partial charge in [0.05, 0.1) is 5.69 Å². The van der Waals surface area contributed by atoms with Crippen molar-refractivity contribution < 1.29 is 22.9 Å². The van der Waals surface area contributed by atoms with Gasteiger partial charge in [0.15, 0.2) is 0 Å². The highest BCUT2D eigenvalue weighted by Crippen LogP contribution is 2.23. The minimum Gasteiger partial charge on any atom is -0.338 e. The lowest BCUT2D eigenvalue weighted by molar-refractivity contribution is 0.193. The molecule has 0 N–H and O–H groups in total. The van der Waals surface area contributed by atoms with Crippen LogP contribution in [0, 0.1) is 0 Å². The molecule has 0 aliphatic carbocycles. The number of ether oxygens (including phenoxy) is 1. The standard InChI is InChI=1S/C17H22N2O3P.C4H10O3P/c1-3-22-13-23(21)11-7-10-16-18-15(12-17(20)19(16)2)14-8-5-4-6-9-14;1-3-6-8(5)7-4-2/h4-6,8-9,12H,3,7,10-11,13H2,1-2H3;3-4H2,1-2H3/q2*+1. The van der Waals surface area contributed by atoms with Crippen LogP contribution >= 0.6 is 16.1 Å². The molecule has 31 heavy (non-hydrogen) atoms. The Morgan fingerprint density at radius 2 is 1.65 bits per heavy atom. The van der Waals surface area contributed by atoms with Crippen molar-refractivity contribution in [3.8, 4) is 11.3 Å². The van der Waals surface area contributed by atoms with Gasteiger partial charge in [-0.2, -0.15) is 0 Å². The van der Waals surface area contributed by atoms with Crippen molar-refractivity contribution in [1.82, 2.24) is 9.55 Å². The van der Waals surface area contributed by atoms with E-state index in [9.17, 15) is 13.9 Å². The molecular weight excluding hydrogens is 438 g/mol. The third-order valence-corrected chi connectivity index (χ3v) is 6.24. The fourth-order valence-electron chi connectivity index (χ4n) is 2.49. The molecule has 0 saturated carbocycles. The van der Waals surface area contributed by atoms with Gasteiger partial charge in [0.2, 0.25) is 6.35 Å². The summed E-state index contributed by atoms with van der Waals surface area (Å²) in [5, 5.41) is 0. The van der Waals surface area contributed by atoms with Crippen LogP contribution in [0.4, 0.5) is 0 Å². The second kappa shape index (κ2) is 15.9. The van der Waals surface area contributed by atoms with Crippen LogP contribution in [0.1, 0.15) is 33.0 Å². The van der Waals surface area contributed by atoms with Gasteiger partial charge in [0.1, 0.15) is 25.2 Å². The van der Waals surface area contributed by atoms with E-state index < -0.39 is 16.1 Å². The molecule has 8 nitrogen and oxygen atoms in total. The molecule has 2 rings (SSSR count). The highest BCUT2D eigenvalue weighted by molar-refractivity contribution is 7.44. The first-order chi connectivity index (χ1) is 14.9. The lowest BCUT2D eigenvalue weighted by Gasteiger charge is -2.08. The van der Waals surface area contributed by atoms with Crippen LogP contribution in [-0.4, -0.2) is 41.9 Å². The maximum atomic E-state index is 12.1. The van der Waals surface area contributed by atoms with Crippen molar-refractivity contribution in [3.05, 3.63) is 52.6 Å². The zero-order valence-electron chi connectivity index (χ0n) is 18.7. The molecule has 0 saturated heterocycles. The Kier molecular flexibility index (Phi) is 14.0. The molecule has 0 aliphatic rings. The summed E-state index contributed by atoms with van der Waals surface area (Å²) in [6.45, 7) is 6.89. The number of hydrogen-bond acceptors (Lipinski definition) is 7. The molecule has 1 aromatic carbocycles. The van der Waals surface area contributed by atoms with E-state index in [0.717, 1.165) is 17.8 Å². The molecular formula is C21H32N2O6P2+2. The van der Waals surface area contributed by atoms with Gasteiger partial charge in [-0.05, 0) is 27.2 Å². The number of nitrogens with zero attached hydrogens (tertiary/aromatic N) is 2. The van der Waals surface area contributed by atoms with Gasteiger partial charge in [0, 0.05) is 36.3 Å². The monoisotopic (exact) mass is 470 g/mol. The van der Waals surface area contributed by atoms with Crippen molar-refractivity contribution in [3.63, 3.8) is 0 Å². The SMILES string of the molecule is CCOC[P+](=O)CCCc1nc(-c2ccccc2)cc(=O)n1C.CCO[P+](=O)OCC. The van der Waals surface area contributed by atoms with Crippen LogP contribution in [0.5, 0.6) is 0 Å². The summed E-state index contributed by atoms with van der Waals surface area (Å²) >= 11 is 0. The van der Waals surface area contributed by atoms with E-state index in [4.69, 9.17) is 4.74 Å². The van der Waals surface area contributed by atoms with Crippen LogP contribution in [0.15, 0.2) is 41.2 Å². The Morgan fingerprint density at radius 3 is 2.23 bits per heavy atom. The zero-order chi connectivity index (χ0) is 23.1. The fraction of sp³-hybridized carbons (Fsp3) is 0.524. The number of aromatic nitrogens is 2. The normalized spacial score (nSPS) is 10.9. The summed E-state index contributed by atoms with van der Waals surface area (Å²) in [6, 6.07) is 11.2. The molecule has 0 amide bonds. The van der Waals surface area contributed by atoms with Gasteiger partial charge >= 0.3 is 16.1 Å². The second-order valence-electron chi connectivity index (χ2n) is 6.31. The average Bonchev–Trinajstić information content (AvgIpc) is 2.76. The summed E-state index contributed by atoms with van der Waals surface area (Å²) < 4.78 is 38.0. The van der Waals surface area contributed by atoms with Crippen molar-refractivity contribution in [1.29, 1.82) is 0 Å². The number of rotatable bonds is 12. The summed E-state index contributed by atoms with van der Waals surface area (Å²) in [5.41, 5.74) is 1.53. The molecule has 1 heterocycles. The van der Waals surface area contributed by atoms with E-state index in [1.165, 1.54) is 0 Å². The van der Waals surface area contributed by atoms with E-state index in [1.807, 2.05) is 37.3 Å². The van der Waals surface area contributed by atoms with Gasteiger partial charge in [-0.3, -0.25) is 9.36 Å². The Labute approximate surface area is 185 Å². The van der Waals surface area contributed by atoms with Crippen molar-refractivity contribution in [2.24, 2.45) is 7.05 Å². The minimum absolute atomic E-state index is 0.0763. The topological polar surface area (TPSA) is 96.7 Å². The van der Waals surface area contributed by atoms with Crippen molar-refractivity contribution >= 4 is 16.1 Å². The van der Waals surface area contributed by atoms with Crippen LogP contribution in [0.2, 0.25) is 0 Å². The quantitative estimate of drug-likeness (QED) is 0.406. The molecule has 0 aliphatic heterocycles. The largest absolute Gasteiger partial charge is 0.697 e. The van der Waals surface area contributed by atoms with E-state index >= 15 is 0 Å². The Morgan fingerprint density at radius 1 is 1.00 bits per heavy atom. The molecule has 0 spiro atoms.